The maximum absolute atomic E-state index is 13.0. The number of carbonyl (C=O) groups is 1. The number of aromatic nitrogens is 2. The molecule has 0 saturated heterocycles. The second-order valence-electron chi connectivity index (χ2n) is 7.23. The quantitative estimate of drug-likeness (QED) is 0.565. The van der Waals surface area contributed by atoms with Crippen LogP contribution < -0.4 is 0 Å². The monoisotopic (exact) mass is 405 g/mol. The average Bonchev–Trinajstić information content (AvgIpc) is 3.32. The molecule has 0 spiro atoms. The van der Waals surface area contributed by atoms with Gasteiger partial charge in [-0.1, -0.05) is 26.0 Å². The summed E-state index contributed by atoms with van der Waals surface area (Å²) in [5, 5.41) is 0. The Morgan fingerprint density at radius 1 is 1.24 bits per heavy atom. The Labute approximate surface area is 166 Å². The van der Waals surface area contributed by atoms with Crippen LogP contribution in [0.1, 0.15) is 41.4 Å². The van der Waals surface area contributed by atoms with E-state index >= 15 is 0 Å². The molecule has 0 unspecified atom stereocenters. The van der Waals surface area contributed by atoms with E-state index in [4.69, 9.17) is 4.42 Å². The van der Waals surface area contributed by atoms with Gasteiger partial charge in [0.2, 0.25) is 0 Å². The molecule has 2 heterocycles. The summed E-state index contributed by atoms with van der Waals surface area (Å²) in [6.45, 7) is 4.94. The highest BCUT2D eigenvalue weighted by Crippen LogP contribution is 2.29. The summed E-state index contributed by atoms with van der Waals surface area (Å²) < 4.78 is 45.9. The molecule has 1 amide bonds. The molecule has 5 nitrogen and oxygen atoms in total. The Bertz CT molecular complexity index is 946. The van der Waals surface area contributed by atoms with Crippen molar-refractivity contribution >= 4 is 5.91 Å². The van der Waals surface area contributed by atoms with Gasteiger partial charge >= 0.3 is 6.18 Å². The molecule has 3 rings (SSSR count). The minimum Gasteiger partial charge on any atom is -0.459 e. The van der Waals surface area contributed by atoms with Crippen LogP contribution >= 0.6 is 0 Å². The highest BCUT2D eigenvalue weighted by atomic mass is 19.4. The lowest BCUT2D eigenvalue weighted by atomic mass is 10.1. The molecule has 0 atom stereocenters. The van der Waals surface area contributed by atoms with Gasteiger partial charge < -0.3 is 13.9 Å². The van der Waals surface area contributed by atoms with Gasteiger partial charge in [-0.3, -0.25) is 4.79 Å². The standard InChI is InChI=1S/C21H22F3N3O2/c1-15(2)12-27(20(28)18-7-4-10-29-18)14-19-25-8-9-26(19)13-16-5-3-6-17(11-16)21(22,23)24/h3-11,15H,12-14H2,1-2H3. The summed E-state index contributed by atoms with van der Waals surface area (Å²) in [7, 11) is 0. The minimum absolute atomic E-state index is 0.223. The fraction of sp³-hybridized carbons (Fsp3) is 0.333. The van der Waals surface area contributed by atoms with Crippen molar-refractivity contribution in [3.8, 4) is 0 Å². The van der Waals surface area contributed by atoms with Crippen LogP contribution in [0, 0.1) is 5.92 Å². The molecule has 2 aromatic heterocycles. The predicted molar refractivity (Wildman–Crippen MR) is 101 cm³/mol. The number of hydrogen-bond donors (Lipinski definition) is 0. The van der Waals surface area contributed by atoms with E-state index in [9.17, 15) is 18.0 Å². The molecule has 0 N–H and O–H groups in total. The van der Waals surface area contributed by atoms with E-state index in [0.29, 0.717) is 17.9 Å². The molecule has 0 radical (unpaired) electrons. The normalized spacial score (nSPS) is 11.8. The van der Waals surface area contributed by atoms with Gasteiger partial charge in [0, 0.05) is 25.5 Å². The summed E-state index contributed by atoms with van der Waals surface area (Å²) in [5.74, 6) is 0.794. The highest BCUT2D eigenvalue weighted by molar-refractivity contribution is 5.91. The average molecular weight is 405 g/mol. The van der Waals surface area contributed by atoms with Crippen LogP contribution in [0.5, 0.6) is 0 Å². The van der Waals surface area contributed by atoms with Crippen molar-refractivity contribution in [2.45, 2.75) is 33.1 Å². The molecule has 1 aromatic carbocycles. The van der Waals surface area contributed by atoms with Crippen molar-refractivity contribution in [3.05, 3.63) is 77.8 Å². The maximum atomic E-state index is 13.0. The fourth-order valence-corrected chi connectivity index (χ4v) is 3.07. The summed E-state index contributed by atoms with van der Waals surface area (Å²) >= 11 is 0. The Balaban J connectivity index is 1.80. The first kappa shape index (κ1) is 20.7. The Morgan fingerprint density at radius 2 is 2.03 bits per heavy atom. The van der Waals surface area contributed by atoms with Crippen LogP contribution in [0.25, 0.3) is 0 Å². The SMILES string of the molecule is CC(C)CN(Cc1nccn1Cc1cccc(C(F)(F)F)c1)C(=O)c1ccco1. The third kappa shape index (κ3) is 5.28. The molecule has 0 bridgehead atoms. The molecule has 0 saturated carbocycles. The Morgan fingerprint density at radius 3 is 2.69 bits per heavy atom. The lowest BCUT2D eigenvalue weighted by Crippen LogP contribution is -2.34. The third-order valence-corrected chi connectivity index (χ3v) is 4.35. The van der Waals surface area contributed by atoms with E-state index in [1.807, 2.05) is 13.8 Å². The van der Waals surface area contributed by atoms with Crippen molar-refractivity contribution in [1.29, 1.82) is 0 Å². The number of amides is 1. The van der Waals surface area contributed by atoms with Crippen molar-refractivity contribution < 1.29 is 22.4 Å². The highest BCUT2D eigenvalue weighted by Gasteiger charge is 2.30. The molecule has 8 heteroatoms. The summed E-state index contributed by atoms with van der Waals surface area (Å²) in [6.07, 6.45) is 0.320. The fourth-order valence-electron chi connectivity index (χ4n) is 3.07. The van der Waals surface area contributed by atoms with Gasteiger partial charge in [0.15, 0.2) is 5.76 Å². The van der Waals surface area contributed by atoms with Crippen LogP contribution in [0.2, 0.25) is 0 Å². The smallest absolute Gasteiger partial charge is 0.416 e. The van der Waals surface area contributed by atoms with Gasteiger partial charge in [-0.2, -0.15) is 13.2 Å². The zero-order chi connectivity index (χ0) is 21.0. The number of alkyl halides is 3. The molecule has 0 aliphatic carbocycles. The van der Waals surface area contributed by atoms with E-state index in [1.165, 1.54) is 12.3 Å². The second-order valence-corrected chi connectivity index (χ2v) is 7.23. The van der Waals surface area contributed by atoms with Gasteiger partial charge in [0.1, 0.15) is 5.82 Å². The summed E-state index contributed by atoms with van der Waals surface area (Å²) in [4.78, 5) is 18.7. The van der Waals surface area contributed by atoms with Crippen LogP contribution in [0.4, 0.5) is 13.2 Å². The predicted octanol–water partition coefficient (Wildman–Crippen LogP) is 4.84. The Hall–Kier alpha value is -3.03. The molecule has 3 aromatic rings. The lowest BCUT2D eigenvalue weighted by molar-refractivity contribution is -0.137. The number of rotatable bonds is 7. The first-order valence-electron chi connectivity index (χ1n) is 9.23. The van der Waals surface area contributed by atoms with Gasteiger partial charge in [0.05, 0.1) is 18.4 Å². The topological polar surface area (TPSA) is 51.3 Å². The molecule has 0 fully saturated rings. The van der Waals surface area contributed by atoms with Crippen molar-refractivity contribution in [2.24, 2.45) is 5.92 Å². The van der Waals surface area contributed by atoms with Crippen molar-refractivity contribution in [2.75, 3.05) is 6.54 Å². The van der Waals surface area contributed by atoms with Crippen LogP contribution in [-0.4, -0.2) is 26.9 Å². The summed E-state index contributed by atoms with van der Waals surface area (Å²) in [5.41, 5.74) is -0.182. The molecule has 29 heavy (non-hydrogen) atoms. The minimum atomic E-state index is -4.39. The van der Waals surface area contributed by atoms with Crippen molar-refractivity contribution in [3.63, 3.8) is 0 Å². The van der Waals surface area contributed by atoms with Gasteiger partial charge in [-0.25, -0.2) is 4.98 Å². The number of nitrogens with zero attached hydrogens (tertiary/aromatic N) is 3. The molecular weight excluding hydrogens is 383 g/mol. The zero-order valence-electron chi connectivity index (χ0n) is 16.2. The molecule has 0 aliphatic rings. The van der Waals surface area contributed by atoms with E-state index in [1.54, 1.807) is 40.1 Å². The number of furan rings is 1. The van der Waals surface area contributed by atoms with E-state index in [0.717, 1.165) is 12.1 Å². The second kappa shape index (κ2) is 8.55. The van der Waals surface area contributed by atoms with Gasteiger partial charge in [-0.05, 0) is 35.7 Å². The van der Waals surface area contributed by atoms with Gasteiger partial charge in [0.25, 0.3) is 5.91 Å². The number of carbonyl (C=O) groups excluding carboxylic acids is 1. The van der Waals surface area contributed by atoms with E-state index in [-0.39, 0.29) is 30.7 Å². The van der Waals surface area contributed by atoms with Crippen LogP contribution in [0.15, 0.2) is 59.5 Å². The van der Waals surface area contributed by atoms with Crippen LogP contribution in [0.3, 0.4) is 0 Å². The molecular formula is C21H22F3N3O2. The molecule has 154 valence electrons. The Kier molecular flexibility index (Phi) is 6.10. The maximum Gasteiger partial charge on any atom is 0.416 e. The lowest BCUT2D eigenvalue weighted by Gasteiger charge is -2.24. The molecule has 0 aliphatic heterocycles. The summed E-state index contributed by atoms with van der Waals surface area (Å²) in [6, 6.07) is 8.45. The van der Waals surface area contributed by atoms with Crippen LogP contribution in [-0.2, 0) is 19.3 Å². The van der Waals surface area contributed by atoms with E-state index in [2.05, 4.69) is 4.98 Å². The largest absolute Gasteiger partial charge is 0.459 e. The van der Waals surface area contributed by atoms with E-state index < -0.39 is 11.7 Å². The third-order valence-electron chi connectivity index (χ3n) is 4.35. The zero-order valence-corrected chi connectivity index (χ0v) is 16.2. The first-order valence-corrected chi connectivity index (χ1v) is 9.23. The number of imidazole rings is 1. The van der Waals surface area contributed by atoms with Gasteiger partial charge in [-0.15, -0.1) is 0 Å². The number of hydrogen-bond acceptors (Lipinski definition) is 3. The number of benzene rings is 1. The first-order chi connectivity index (χ1) is 13.7. The van der Waals surface area contributed by atoms with Crippen molar-refractivity contribution in [1.82, 2.24) is 14.5 Å². The number of halogens is 3.